The predicted octanol–water partition coefficient (Wildman–Crippen LogP) is 3.38. The predicted molar refractivity (Wildman–Crippen MR) is 72.8 cm³/mol. The molecule has 1 N–H and O–H groups in total. The average Bonchev–Trinajstić information content (AvgIpc) is 2.44. The van der Waals surface area contributed by atoms with Crippen molar-refractivity contribution >= 4 is 22.5 Å². The highest BCUT2D eigenvalue weighted by Crippen LogP contribution is 2.23. The number of hydrogen-bond donors (Lipinski definition) is 1. The molecule has 0 amide bonds. The normalized spacial score (nSPS) is 10.8. The fraction of sp³-hybridized carbons (Fsp3) is 0. The van der Waals surface area contributed by atoms with Crippen molar-refractivity contribution in [1.29, 1.82) is 0 Å². The Kier molecular flexibility index (Phi) is 2.80. The van der Waals surface area contributed by atoms with Gasteiger partial charge in [0, 0.05) is 17.1 Å². The lowest BCUT2D eigenvalue weighted by Crippen LogP contribution is -2.09. The van der Waals surface area contributed by atoms with Gasteiger partial charge in [0.1, 0.15) is 0 Å². The highest BCUT2D eigenvalue weighted by atomic mass is 35.5. The van der Waals surface area contributed by atoms with E-state index in [-0.39, 0.29) is 16.2 Å². The maximum Gasteiger partial charge on any atom is 0.256 e. The van der Waals surface area contributed by atoms with E-state index in [2.05, 4.69) is 9.97 Å². The smallest absolute Gasteiger partial charge is 0.256 e. The van der Waals surface area contributed by atoms with Crippen molar-refractivity contribution in [2.45, 2.75) is 0 Å². The SMILES string of the molecule is O=c1[nH]c2c(F)c(Cl)ncc2cc1-c1ccccc1. The number of nitrogens with one attached hydrogen (secondary N) is 1. The Bertz CT molecular complexity index is 815. The van der Waals surface area contributed by atoms with E-state index < -0.39 is 5.82 Å². The van der Waals surface area contributed by atoms with Crippen LogP contribution in [0.5, 0.6) is 0 Å². The molecule has 94 valence electrons. The van der Waals surface area contributed by atoms with E-state index >= 15 is 0 Å². The lowest BCUT2D eigenvalue weighted by molar-refractivity contribution is 0.631. The number of aromatic amines is 1. The molecule has 2 heterocycles. The fourth-order valence-electron chi connectivity index (χ4n) is 1.95. The van der Waals surface area contributed by atoms with Crippen LogP contribution in [-0.2, 0) is 0 Å². The van der Waals surface area contributed by atoms with Gasteiger partial charge in [0.25, 0.3) is 5.56 Å². The number of nitrogens with zero attached hydrogens (tertiary/aromatic N) is 1. The fourth-order valence-corrected chi connectivity index (χ4v) is 2.09. The summed E-state index contributed by atoms with van der Waals surface area (Å²) in [7, 11) is 0. The Morgan fingerprint density at radius 3 is 2.68 bits per heavy atom. The van der Waals surface area contributed by atoms with E-state index in [0.717, 1.165) is 5.56 Å². The largest absolute Gasteiger partial charge is 0.319 e. The second kappa shape index (κ2) is 4.48. The van der Waals surface area contributed by atoms with Gasteiger partial charge >= 0.3 is 0 Å². The lowest BCUT2D eigenvalue weighted by atomic mass is 10.1. The number of halogens is 2. The molecule has 3 aromatic rings. The quantitative estimate of drug-likeness (QED) is 0.692. The number of hydrogen-bond acceptors (Lipinski definition) is 2. The zero-order chi connectivity index (χ0) is 13.4. The van der Waals surface area contributed by atoms with Crippen molar-refractivity contribution in [3.05, 3.63) is 63.9 Å². The molecule has 0 spiro atoms. The molecule has 0 saturated heterocycles. The number of fused-ring (bicyclic) bond motifs is 1. The van der Waals surface area contributed by atoms with Gasteiger partial charge in [-0.2, -0.15) is 0 Å². The van der Waals surface area contributed by atoms with Gasteiger partial charge in [-0.1, -0.05) is 41.9 Å². The van der Waals surface area contributed by atoms with Gasteiger partial charge in [-0.05, 0) is 11.6 Å². The molecule has 0 saturated carbocycles. The van der Waals surface area contributed by atoms with Crippen molar-refractivity contribution in [2.75, 3.05) is 0 Å². The molecule has 0 aliphatic heterocycles. The first-order valence-corrected chi connectivity index (χ1v) is 5.97. The van der Waals surface area contributed by atoms with Crippen molar-refractivity contribution in [3.63, 3.8) is 0 Å². The maximum atomic E-state index is 13.7. The highest BCUT2D eigenvalue weighted by Gasteiger charge is 2.11. The summed E-state index contributed by atoms with van der Waals surface area (Å²) < 4.78 is 13.7. The van der Waals surface area contributed by atoms with Crippen LogP contribution in [0.25, 0.3) is 22.0 Å². The number of aromatic nitrogens is 2. The first-order valence-electron chi connectivity index (χ1n) is 5.59. The standard InChI is InChI=1S/C14H8ClFN2O/c15-13-11(16)12-9(7-17-13)6-10(14(19)18-12)8-4-2-1-3-5-8/h1-7H,(H,18,19). The van der Waals surface area contributed by atoms with Gasteiger partial charge in [0.15, 0.2) is 11.0 Å². The first kappa shape index (κ1) is 11.9. The van der Waals surface area contributed by atoms with Gasteiger partial charge in [0.05, 0.1) is 5.52 Å². The minimum atomic E-state index is -0.712. The monoisotopic (exact) mass is 274 g/mol. The van der Waals surface area contributed by atoms with E-state index in [9.17, 15) is 9.18 Å². The summed E-state index contributed by atoms with van der Waals surface area (Å²) in [6.45, 7) is 0. The van der Waals surface area contributed by atoms with Crippen LogP contribution in [0.15, 0.2) is 47.4 Å². The van der Waals surface area contributed by atoms with Crippen LogP contribution in [0.1, 0.15) is 0 Å². The zero-order valence-corrected chi connectivity index (χ0v) is 10.4. The first-order chi connectivity index (χ1) is 9.16. The number of benzene rings is 1. The van der Waals surface area contributed by atoms with Crippen molar-refractivity contribution < 1.29 is 4.39 Å². The Morgan fingerprint density at radius 1 is 1.21 bits per heavy atom. The number of H-pyrrole nitrogens is 1. The zero-order valence-electron chi connectivity index (χ0n) is 9.65. The maximum absolute atomic E-state index is 13.7. The van der Waals surface area contributed by atoms with Crippen LogP contribution < -0.4 is 5.56 Å². The summed E-state index contributed by atoms with van der Waals surface area (Å²) >= 11 is 5.59. The molecule has 19 heavy (non-hydrogen) atoms. The Morgan fingerprint density at radius 2 is 1.95 bits per heavy atom. The molecule has 0 aliphatic carbocycles. The van der Waals surface area contributed by atoms with Crippen LogP contribution in [-0.4, -0.2) is 9.97 Å². The molecule has 3 rings (SSSR count). The summed E-state index contributed by atoms with van der Waals surface area (Å²) in [5, 5.41) is 0.246. The van der Waals surface area contributed by atoms with Gasteiger partial charge in [-0.15, -0.1) is 0 Å². The van der Waals surface area contributed by atoms with Crippen molar-refractivity contribution in [3.8, 4) is 11.1 Å². The van der Waals surface area contributed by atoms with E-state index in [4.69, 9.17) is 11.6 Å². The summed E-state index contributed by atoms with van der Waals surface area (Å²) in [5.41, 5.74) is 0.946. The summed E-state index contributed by atoms with van der Waals surface area (Å²) in [6, 6.07) is 10.8. The topological polar surface area (TPSA) is 45.8 Å². The molecular weight excluding hydrogens is 267 g/mol. The van der Waals surface area contributed by atoms with Gasteiger partial charge in [-0.25, -0.2) is 9.37 Å². The third-order valence-electron chi connectivity index (χ3n) is 2.87. The van der Waals surface area contributed by atoms with Crippen LogP contribution in [0, 0.1) is 5.82 Å². The summed E-state index contributed by atoms with van der Waals surface area (Å²) in [5.74, 6) is -0.712. The summed E-state index contributed by atoms with van der Waals surface area (Å²) in [6.07, 6.45) is 1.43. The van der Waals surface area contributed by atoms with Crippen LogP contribution in [0.3, 0.4) is 0 Å². The third kappa shape index (κ3) is 2.00. The molecule has 5 heteroatoms. The molecule has 0 radical (unpaired) electrons. The van der Waals surface area contributed by atoms with Crippen LogP contribution >= 0.6 is 11.6 Å². The van der Waals surface area contributed by atoms with Crippen LogP contribution in [0.2, 0.25) is 5.15 Å². The Hall–Kier alpha value is -2.20. The molecule has 0 fully saturated rings. The summed E-state index contributed by atoms with van der Waals surface area (Å²) in [4.78, 5) is 18.3. The molecule has 1 aromatic carbocycles. The number of pyridine rings is 2. The Labute approximate surface area is 112 Å². The molecule has 3 nitrogen and oxygen atoms in total. The highest BCUT2D eigenvalue weighted by molar-refractivity contribution is 6.30. The van der Waals surface area contributed by atoms with E-state index in [1.165, 1.54) is 6.20 Å². The minimum absolute atomic E-state index is 0.0738. The van der Waals surface area contributed by atoms with Crippen molar-refractivity contribution in [2.24, 2.45) is 0 Å². The third-order valence-corrected chi connectivity index (χ3v) is 3.14. The van der Waals surface area contributed by atoms with E-state index in [1.807, 2.05) is 30.3 Å². The molecule has 0 atom stereocenters. The second-order valence-electron chi connectivity index (χ2n) is 4.07. The van der Waals surface area contributed by atoms with Gasteiger partial charge in [0.2, 0.25) is 0 Å². The van der Waals surface area contributed by atoms with Crippen molar-refractivity contribution in [1.82, 2.24) is 9.97 Å². The van der Waals surface area contributed by atoms with Gasteiger partial charge in [-0.3, -0.25) is 4.79 Å². The average molecular weight is 275 g/mol. The minimum Gasteiger partial charge on any atom is -0.319 e. The van der Waals surface area contributed by atoms with Crippen LogP contribution in [0.4, 0.5) is 4.39 Å². The molecule has 0 bridgehead atoms. The van der Waals surface area contributed by atoms with E-state index in [0.29, 0.717) is 10.9 Å². The molecule has 0 aliphatic rings. The Balaban J connectivity index is 2.33. The molecule has 0 unspecified atom stereocenters. The van der Waals surface area contributed by atoms with E-state index in [1.54, 1.807) is 6.07 Å². The molecule has 2 aromatic heterocycles. The second-order valence-corrected chi connectivity index (χ2v) is 4.43. The number of rotatable bonds is 1. The lowest BCUT2D eigenvalue weighted by Gasteiger charge is -2.04. The molecular formula is C14H8ClFN2O. The van der Waals surface area contributed by atoms with Gasteiger partial charge < -0.3 is 4.98 Å².